The Labute approximate surface area is 252 Å². The van der Waals surface area contributed by atoms with Crippen molar-refractivity contribution in [2.24, 2.45) is 0 Å². The third-order valence-electron chi connectivity index (χ3n) is 9.90. The zero-order valence-electron chi connectivity index (χ0n) is 25.2. The van der Waals surface area contributed by atoms with Gasteiger partial charge in [0, 0.05) is 0 Å². The van der Waals surface area contributed by atoms with Gasteiger partial charge in [-0.3, -0.25) is 0 Å². The summed E-state index contributed by atoms with van der Waals surface area (Å²) in [4.78, 5) is 0. The Bertz CT molecular complexity index is 1680. The predicted octanol–water partition coefficient (Wildman–Crippen LogP) is 9.69. The van der Waals surface area contributed by atoms with Crippen molar-refractivity contribution in [3.05, 3.63) is 143 Å². The van der Waals surface area contributed by atoms with Crippen molar-refractivity contribution < 1.29 is 18.3 Å². The van der Waals surface area contributed by atoms with Crippen molar-refractivity contribution in [2.45, 2.75) is 59.6 Å². The molecule has 0 heterocycles. The number of rotatable bonds is 4. The fourth-order valence-electron chi connectivity index (χ4n) is 7.52. The van der Waals surface area contributed by atoms with E-state index in [4.69, 9.17) is 15.8 Å². The van der Waals surface area contributed by atoms with Gasteiger partial charge in [0.2, 0.25) is 0 Å². The topological polar surface area (TPSA) is 0 Å². The zero-order valence-corrected chi connectivity index (χ0v) is 28.4. The van der Waals surface area contributed by atoms with Crippen LogP contribution < -0.4 is 6.54 Å². The van der Waals surface area contributed by atoms with E-state index in [1.165, 1.54) is 39.9 Å². The molecule has 208 valence electrons. The van der Waals surface area contributed by atoms with Crippen molar-refractivity contribution in [2.75, 3.05) is 0 Å². The van der Waals surface area contributed by atoms with Crippen molar-refractivity contribution in [3.63, 3.8) is 0 Å². The van der Waals surface area contributed by atoms with E-state index in [1.54, 1.807) is 0 Å². The van der Waals surface area contributed by atoms with Crippen LogP contribution in [0.4, 0.5) is 0 Å². The van der Waals surface area contributed by atoms with Crippen LogP contribution in [0.3, 0.4) is 0 Å². The number of benzene rings is 4. The number of hydrogen-bond acceptors (Lipinski definition) is 0. The number of hydrogen-bond donors (Lipinski definition) is 0. The molecule has 0 fully saturated rings. The van der Waals surface area contributed by atoms with Crippen LogP contribution in [0.5, 0.6) is 0 Å². The standard InChI is InChI=1S/C21H25.C6H4Cl.C6H5.C5H5.CH2.Zr/c1-20(2,3)16-9-7-14-11-15-8-10-17(21(4,5)6)13-19(15)18(14)12-16;7-6-4-2-1-3-5-6;1-2-4-6-5-3-1;1-2-4-5-3-1;;/h7-13H,1-6H3;2-5H;1-5H;1-5H;1H2;. The molecule has 6 rings (SSSR count). The molecule has 4 aromatic rings. The monoisotopic (exact) mass is 634 g/mol. The second-order valence-electron chi connectivity index (χ2n) is 14.3. The molecule has 0 unspecified atom stereocenters. The second-order valence-corrected chi connectivity index (χ2v) is 28.7. The van der Waals surface area contributed by atoms with Crippen LogP contribution >= 0.6 is 11.6 Å². The summed E-state index contributed by atoms with van der Waals surface area (Å²) in [6, 6.07) is 34.6. The summed E-state index contributed by atoms with van der Waals surface area (Å²) >= 11 is 1.84. The molecule has 2 aliphatic carbocycles. The van der Waals surface area contributed by atoms with Crippen LogP contribution in [0.25, 0.3) is 11.1 Å². The molecular formula is C39H41ClZr. The Morgan fingerprint density at radius 2 is 1.07 bits per heavy atom. The van der Waals surface area contributed by atoms with E-state index in [2.05, 4.69) is 157 Å². The van der Waals surface area contributed by atoms with Gasteiger partial charge in [-0.1, -0.05) is 0 Å². The van der Waals surface area contributed by atoms with Gasteiger partial charge in [-0.25, -0.2) is 0 Å². The van der Waals surface area contributed by atoms with Crippen molar-refractivity contribution in [1.82, 2.24) is 0 Å². The molecule has 41 heavy (non-hydrogen) atoms. The van der Waals surface area contributed by atoms with E-state index in [0.717, 1.165) is 5.02 Å². The summed E-state index contributed by atoms with van der Waals surface area (Å²) < 4.78 is 8.81. The Balaban J connectivity index is 1.79. The molecule has 4 aromatic carbocycles. The first-order valence-corrected chi connectivity index (χ1v) is 22.2. The molecule has 0 saturated heterocycles. The zero-order chi connectivity index (χ0) is 29.2. The summed E-state index contributed by atoms with van der Waals surface area (Å²) in [6.45, 7) is 13.9. The van der Waals surface area contributed by atoms with Gasteiger partial charge < -0.3 is 0 Å². The molecule has 0 N–H and O–H groups in total. The number of allylic oxidation sites excluding steroid dienone is 4. The molecule has 0 spiro atoms. The average molecular weight is 636 g/mol. The van der Waals surface area contributed by atoms with E-state index >= 15 is 0 Å². The first-order valence-electron chi connectivity index (χ1n) is 14.8. The van der Waals surface area contributed by atoms with Gasteiger partial charge in [-0.2, -0.15) is 0 Å². The quantitative estimate of drug-likeness (QED) is 0.209. The Kier molecular flexibility index (Phi) is 6.76. The van der Waals surface area contributed by atoms with E-state index in [-0.39, 0.29) is 18.1 Å². The third-order valence-corrected chi connectivity index (χ3v) is 28.0. The molecule has 0 nitrogen and oxygen atoms in total. The van der Waals surface area contributed by atoms with Crippen LogP contribution in [0, 0.1) is 0 Å². The normalized spacial score (nSPS) is 15.8. The minimum absolute atomic E-state index is 0.0595. The van der Waals surface area contributed by atoms with E-state index in [9.17, 15) is 0 Å². The van der Waals surface area contributed by atoms with Crippen molar-refractivity contribution >= 4 is 22.4 Å². The predicted molar refractivity (Wildman–Crippen MR) is 177 cm³/mol. The molecular weight excluding hydrogens is 595 g/mol. The summed E-state index contributed by atoms with van der Waals surface area (Å²) in [5.74, 6) is 0. The van der Waals surface area contributed by atoms with Gasteiger partial charge >= 0.3 is 254 Å². The SMILES string of the molecule is [CH2]=[Zr]([c]1ccccc1)([c]1ccc(Cl)cc1)([CH]1C=CC=C1)[CH]1c2ccc(C(C)(C)C)cc2-c2cc(C(C)(C)C)ccc21. The molecule has 0 atom stereocenters. The summed E-state index contributed by atoms with van der Waals surface area (Å²) in [5, 5.41) is 0.764. The Morgan fingerprint density at radius 1 is 0.610 bits per heavy atom. The first-order chi connectivity index (χ1) is 19.3. The summed E-state index contributed by atoms with van der Waals surface area (Å²) in [6.07, 6.45) is 9.30. The molecule has 2 heteroatoms. The maximum atomic E-state index is 6.53. The van der Waals surface area contributed by atoms with Crippen molar-refractivity contribution in [1.29, 1.82) is 0 Å². The van der Waals surface area contributed by atoms with Gasteiger partial charge in [0.25, 0.3) is 0 Å². The first kappa shape index (κ1) is 28.5. The summed E-state index contributed by atoms with van der Waals surface area (Å²) in [5.41, 5.74) is 8.46. The van der Waals surface area contributed by atoms with Crippen LogP contribution in [0.2, 0.25) is 8.65 Å². The van der Waals surface area contributed by atoms with Gasteiger partial charge in [0.1, 0.15) is 0 Å². The Hall–Kier alpha value is -2.60. The molecule has 0 radical (unpaired) electrons. The maximum absolute atomic E-state index is 6.53. The minimum atomic E-state index is -4.69. The van der Waals surface area contributed by atoms with Gasteiger partial charge in [0.05, 0.1) is 0 Å². The number of fused-ring (bicyclic) bond motifs is 3. The molecule has 0 saturated carbocycles. The van der Waals surface area contributed by atoms with Gasteiger partial charge in [-0.05, 0) is 0 Å². The van der Waals surface area contributed by atoms with Crippen LogP contribution in [0.1, 0.15) is 67.4 Å². The number of halogens is 1. The van der Waals surface area contributed by atoms with Gasteiger partial charge in [0.15, 0.2) is 0 Å². The molecule has 0 aliphatic heterocycles. The molecule has 0 bridgehead atoms. The van der Waals surface area contributed by atoms with Crippen LogP contribution in [-0.4, -0.2) is 4.21 Å². The molecule has 0 aromatic heterocycles. The van der Waals surface area contributed by atoms with E-state index in [1.807, 2.05) is 0 Å². The fraction of sp³-hybridized carbons (Fsp3) is 0.256. The van der Waals surface area contributed by atoms with E-state index < -0.39 is 18.3 Å². The van der Waals surface area contributed by atoms with Crippen LogP contribution in [0.15, 0.2) is 115 Å². The fourth-order valence-corrected chi connectivity index (χ4v) is 25.1. The van der Waals surface area contributed by atoms with E-state index in [0.29, 0.717) is 0 Å². The second kappa shape index (κ2) is 9.72. The summed E-state index contributed by atoms with van der Waals surface area (Å²) in [7, 11) is 0. The Morgan fingerprint density at radius 3 is 1.54 bits per heavy atom. The average Bonchev–Trinajstić information content (AvgIpc) is 3.60. The van der Waals surface area contributed by atoms with Crippen LogP contribution in [-0.2, 0) is 29.1 Å². The molecule has 2 aliphatic rings. The third kappa shape index (κ3) is 4.30. The van der Waals surface area contributed by atoms with Gasteiger partial charge in [-0.15, -0.1) is 0 Å². The molecule has 0 amide bonds. The van der Waals surface area contributed by atoms with Crippen molar-refractivity contribution in [3.8, 4) is 11.1 Å².